The van der Waals surface area contributed by atoms with Crippen molar-refractivity contribution in [1.29, 1.82) is 0 Å². The molecule has 1 saturated heterocycles. The summed E-state index contributed by atoms with van der Waals surface area (Å²) in [4.78, 5) is 17.6. The van der Waals surface area contributed by atoms with Crippen LogP contribution in [0, 0.1) is 10.5 Å². The number of ether oxygens (including phenoxy) is 3. The first-order valence-electron chi connectivity index (χ1n) is 10.4. The lowest BCUT2D eigenvalue weighted by atomic mass is 10.1. The largest absolute Gasteiger partial charge is 0.497 e. The number of aliphatic imine (C=N–C) groups is 1. The van der Waals surface area contributed by atoms with Gasteiger partial charge in [-0.05, 0) is 94.9 Å². The van der Waals surface area contributed by atoms with Crippen LogP contribution in [0.25, 0.3) is 6.08 Å². The van der Waals surface area contributed by atoms with Crippen LogP contribution < -0.4 is 19.5 Å². The Hall–Kier alpha value is -2.98. The van der Waals surface area contributed by atoms with Crippen molar-refractivity contribution < 1.29 is 19.0 Å². The number of halogens is 1. The minimum absolute atomic E-state index is 0.189. The van der Waals surface area contributed by atoms with E-state index in [1.165, 1.54) is 17.3 Å². The molecule has 0 radical (unpaired) electrons. The first kappa shape index (κ1) is 24.2. The zero-order valence-electron chi connectivity index (χ0n) is 18.9. The Morgan fingerprint density at radius 3 is 2.44 bits per heavy atom. The molecule has 1 aliphatic heterocycles. The number of nitrogens with one attached hydrogen (secondary N) is 1. The maximum atomic E-state index is 12.5. The van der Waals surface area contributed by atoms with Gasteiger partial charge in [-0.15, -0.1) is 0 Å². The van der Waals surface area contributed by atoms with Gasteiger partial charge in [-0.3, -0.25) is 4.79 Å². The summed E-state index contributed by atoms with van der Waals surface area (Å²) < 4.78 is 17.7. The van der Waals surface area contributed by atoms with Crippen molar-refractivity contribution in [1.82, 2.24) is 5.32 Å². The van der Waals surface area contributed by atoms with E-state index in [4.69, 9.17) is 14.2 Å². The van der Waals surface area contributed by atoms with Gasteiger partial charge in [-0.2, -0.15) is 0 Å². The van der Waals surface area contributed by atoms with E-state index in [1.807, 2.05) is 42.5 Å². The highest BCUT2D eigenvalue weighted by molar-refractivity contribution is 14.1. The summed E-state index contributed by atoms with van der Waals surface area (Å²) in [6.45, 7) is 2.50. The first-order valence-corrected chi connectivity index (χ1v) is 12.3. The zero-order valence-corrected chi connectivity index (χ0v) is 21.9. The van der Waals surface area contributed by atoms with Crippen LogP contribution in [0.3, 0.4) is 0 Å². The van der Waals surface area contributed by atoms with Crippen LogP contribution in [0.15, 0.2) is 70.6 Å². The predicted octanol–water partition coefficient (Wildman–Crippen LogP) is 6.09. The molecule has 0 unspecified atom stereocenters. The van der Waals surface area contributed by atoms with Crippen molar-refractivity contribution in [3.8, 4) is 17.2 Å². The number of carbonyl (C=O) groups is 1. The molecule has 8 heteroatoms. The molecule has 174 valence electrons. The molecular formula is C26H23IN2O4S. The third kappa shape index (κ3) is 5.92. The topological polar surface area (TPSA) is 69.2 Å². The van der Waals surface area contributed by atoms with Gasteiger partial charge in [0.25, 0.3) is 5.91 Å². The van der Waals surface area contributed by atoms with Crippen molar-refractivity contribution >= 4 is 57.2 Å². The fraction of sp³-hybridized carbons (Fsp3) is 0.154. The number of aryl methyl sites for hydroxylation is 1. The Bertz CT molecular complexity index is 1260. The van der Waals surface area contributed by atoms with E-state index in [0.29, 0.717) is 28.2 Å². The Morgan fingerprint density at radius 2 is 1.76 bits per heavy atom. The number of amidine groups is 1. The third-order valence-corrected chi connectivity index (χ3v) is 6.72. The first-order chi connectivity index (χ1) is 16.4. The second-order valence-corrected chi connectivity index (χ2v) is 9.68. The van der Waals surface area contributed by atoms with Crippen LogP contribution in [0.4, 0.5) is 5.69 Å². The molecule has 0 aromatic heterocycles. The van der Waals surface area contributed by atoms with Gasteiger partial charge >= 0.3 is 0 Å². The molecule has 0 spiro atoms. The molecular weight excluding hydrogens is 563 g/mol. The maximum absolute atomic E-state index is 12.5. The average Bonchev–Trinajstić information content (AvgIpc) is 3.17. The molecule has 0 aliphatic carbocycles. The van der Waals surface area contributed by atoms with Crippen LogP contribution in [-0.2, 0) is 11.4 Å². The SMILES string of the molecule is COc1ccc(N=C2NC(=O)/C(=C/c3cc(I)c(OCc4ccc(C)cc4)c(OC)c3)S2)cc1. The minimum atomic E-state index is -0.189. The van der Waals surface area contributed by atoms with Gasteiger partial charge in [0, 0.05) is 0 Å². The summed E-state index contributed by atoms with van der Waals surface area (Å²) in [6.07, 6.45) is 1.82. The number of methoxy groups -OCH3 is 2. The lowest BCUT2D eigenvalue weighted by Gasteiger charge is -2.14. The lowest BCUT2D eigenvalue weighted by Crippen LogP contribution is -2.19. The molecule has 1 heterocycles. The smallest absolute Gasteiger partial charge is 0.264 e. The highest BCUT2D eigenvalue weighted by atomic mass is 127. The minimum Gasteiger partial charge on any atom is -0.497 e. The second-order valence-electron chi connectivity index (χ2n) is 7.49. The highest BCUT2D eigenvalue weighted by Crippen LogP contribution is 2.36. The van der Waals surface area contributed by atoms with Crippen molar-refractivity contribution in [3.63, 3.8) is 0 Å². The Balaban J connectivity index is 1.51. The summed E-state index contributed by atoms with van der Waals surface area (Å²) in [5.74, 6) is 1.85. The molecule has 0 saturated carbocycles. The van der Waals surface area contributed by atoms with Gasteiger partial charge in [0.05, 0.1) is 28.4 Å². The number of nitrogens with zero attached hydrogens (tertiary/aromatic N) is 1. The van der Waals surface area contributed by atoms with Crippen LogP contribution in [-0.4, -0.2) is 25.3 Å². The van der Waals surface area contributed by atoms with E-state index < -0.39 is 0 Å². The average molecular weight is 586 g/mol. The molecule has 0 atom stereocenters. The number of benzene rings is 3. The fourth-order valence-corrected chi connectivity index (χ4v) is 4.83. The molecule has 1 aliphatic rings. The van der Waals surface area contributed by atoms with Gasteiger partial charge in [-0.1, -0.05) is 29.8 Å². The molecule has 4 rings (SSSR count). The van der Waals surface area contributed by atoms with Crippen molar-refractivity contribution in [3.05, 3.63) is 85.8 Å². The molecule has 3 aromatic carbocycles. The van der Waals surface area contributed by atoms with E-state index in [-0.39, 0.29) is 5.91 Å². The molecule has 6 nitrogen and oxygen atoms in total. The van der Waals surface area contributed by atoms with Crippen molar-refractivity contribution in [2.75, 3.05) is 14.2 Å². The summed E-state index contributed by atoms with van der Waals surface area (Å²) in [5.41, 5.74) is 3.86. The van der Waals surface area contributed by atoms with Crippen molar-refractivity contribution in [2.24, 2.45) is 4.99 Å². The normalized spacial score (nSPS) is 15.5. The summed E-state index contributed by atoms with van der Waals surface area (Å²) in [5, 5.41) is 3.34. The summed E-state index contributed by atoms with van der Waals surface area (Å²) >= 11 is 3.52. The zero-order chi connectivity index (χ0) is 24.1. The van der Waals surface area contributed by atoms with Gasteiger partial charge in [0.2, 0.25) is 0 Å². The third-order valence-electron chi connectivity index (χ3n) is 5.01. The Kier molecular flexibility index (Phi) is 7.79. The summed E-state index contributed by atoms with van der Waals surface area (Å²) in [7, 11) is 3.22. The molecule has 0 bridgehead atoms. The number of hydrogen-bond donors (Lipinski definition) is 1. The van der Waals surface area contributed by atoms with E-state index in [0.717, 1.165) is 26.1 Å². The van der Waals surface area contributed by atoms with E-state index in [2.05, 4.69) is 64.1 Å². The van der Waals surface area contributed by atoms with E-state index in [1.54, 1.807) is 14.2 Å². The van der Waals surface area contributed by atoms with Gasteiger partial charge in [0.15, 0.2) is 16.7 Å². The molecule has 1 amide bonds. The quantitative estimate of drug-likeness (QED) is 0.268. The van der Waals surface area contributed by atoms with E-state index in [9.17, 15) is 4.79 Å². The predicted molar refractivity (Wildman–Crippen MR) is 145 cm³/mol. The lowest BCUT2D eigenvalue weighted by molar-refractivity contribution is -0.115. The number of carbonyl (C=O) groups excluding carboxylic acids is 1. The Morgan fingerprint density at radius 1 is 1.03 bits per heavy atom. The molecule has 1 N–H and O–H groups in total. The second kappa shape index (κ2) is 11.0. The van der Waals surface area contributed by atoms with Gasteiger partial charge in [0.1, 0.15) is 12.4 Å². The van der Waals surface area contributed by atoms with Crippen molar-refractivity contribution in [2.45, 2.75) is 13.5 Å². The number of rotatable bonds is 7. The maximum Gasteiger partial charge on any atom is 0.264 e. The van der Waals surface area contributed by atoms with Gasteiger partial charge < -0.3 is 19.5 Å². The number of amides is 1. The van der Waals surface area contributed by atoms with Crippen LogP contribution in [0.5, 0.6) is 17.2 Å². The van der Waals surface area contributed by atoms with Gasteiger partial charge in [-0.25, -0.2) is 4.99 Å². The van der Waals surface area contributed by atoms with Crippen LogP contribution >= 0.6 is 34.4 Å². The van der Waals surface area contributed by atoms with Crippen LogP contribution in [0.2, 0.25) is 0 Å². The summed E-state index contributed by atoms with van der Waals surface area (Å²) in [6, 6.07) is 19.4. The molecule has 1 fully saturated rings. The number of hydrogen-bond acceptors (Lipinski definition) is 6. The molecule has 34 heavy (non-hydrogen) atoms. The highest BCUT2D eigenvalue weighted by Gasteiger charge is 2.24. The standard InChI is InChI=1S/C26H23IN2O4S/c1-16-4-6-17(7-5-16)15-33-24-21(27)12-18(13-22(24)32-3)14-23-25(30)29-26(34-23)28-19-8-10-20(31-2)11-9-19/h4-14H,15H2,1-3H3,(H,28,29,30)/b23-14-. The van der Waals surface area contributed by atoms with E-state index >= 15 is 0 Å². The monoisotopic (exact) mass is 586 g/mol. The number of thioether (sulfide) groups is 1. The fourth-order valence-electron chi connectivity index (χ4n) is 3.21. The molecule has 3 aromatic rings. The Labute approximate surface area is 216 Å². The van der Waals surface area contributed by atoms with Crippen LogP contribution in [0.1, 0.15) is 16.7 Å².